The molecular formula is C18H19F3N4O. The molecule has 1 atom stereocenters. The first kappa shape index (κ1) is 18.3. The minimum atomic E-state index is -4.40. The third kappa shape index (κ3) is 3.99. The van der Waals surface area contributed by atoms with E-state index in [0.717, 1.165) is 18.2 Å². The van der Waals surface area contributed by atoms with Crippen molar-refractivity contribution in [3.8, 4) is 11.8 Å². The fraction of sp³-hybridized carbons (Fsp3) is 0.444. The van der Waals surface area contributed by atoms with E-state index in [4.69, 9.17) is 10.00 Å². The molecule has 5 nitrogen and oxygen atoms in total. The van der Waals surface area contributed by atoms with Gasteiger partial charge in [-0.15, -0.1) is 0 Å². The lowest BCUT2D eigenvalue weighted by molar-refractivity contribution is -0.141. The van der Waals surface area contributed by atoms with Gasteiger partial charge in [0.1, 0.15) is 17.6 Å². The summed E-state index contributed by atoms with van der Waals surface area (Å²) < 4.78 is 45.0. The minimum absolute atomic E-state index is 0.242. The number of nitrogens with zero attached hydrogens (tertiary/aromatic N) is 3. The maximum atomic E-state index is 12.8. The van der Waals surface area contributed by atoms with Crippen molar-refractivity contribution in [3.63, 3.8) is 0 Å². The number of aromatic nitrogens is 2. The molecular weight excluding hydrogens is 345 g/mol. The van der Waals surface area contributed by atoms with E-state index >= 15 is 0 Å². The monoisotopic (exact) mass is 364 g/mol. The van der Waals surface area contributed by atoms with Crippen molar-refractivity contribution < 1.29 is 17.9 Å². The molecule has 0 saturated heterocycles. The van der Waals surface area contributed by atoms with Gasteiger partial charge in [-0.25, -0.2) is 4.98 Å². The van der Waals surface area contributed by atoms with Gasteiger partial charge in [-0.1, -0.05) is 6.07 Å². The SMILES string of the molecule is COc1ccc(CNCC2CCc3nc(C(F)(F)F)cn3C2)cc1C#N. The number of benzene rings is 1. The molecule has 1 aliphatic heterocycles. The normalized spacial score (nSPS) is 16.8. The summed E-state index contributed by atoms with van der Waals surface area (Å²) in [5.74, 6) is 1.28. The van der Waals surface area contributed by atoms with Crippen LogP contribution in [0.1, 0.15) is 29.1 Å². The Morgan fingerprint density at radius 2 is 2.23 bits per heavy atom. The molecule has 0 amide bonds. The summed E-state index contributed by atoms with van der Waals surface area (Å²) in [7, 11) is 1.52. The van der Waals surface area contributed by atoms with Crippen LogP contribution in [0, 0.1) is 17.2 Å². The van der Waals surface area contributed by atoms with Crippen LogP contribution in [-0.4, -0.2) is 23.2 Å². The first-order chi connectivity index (χ1) is 12.4. The van der Waals surface area contributed by atoms with Gasteiger partial charge in [0, 0.05) is 25.7 Å². The van der Waals surface area contributed by atoms with Gasteiger partial charge in [0.15, 0.2) is 5.69 Å². The molecule has 3 rings (SSSR count). The van der Waals surface area contributed by atoms with E-state index < -0.39 is 11.9 Å². The van der Waals surface area contributed by atoms with Crippen LogP contribution in [0.5, 0.6) is 5.75 Å². The molecule has 0 spiro atoms. The molecule has 1 aromatic heterocycles. The van der Waals surface area contributed by atoms with E-state index in [0.29, 0.717) is 43.2 Å². The summed E-state index contributed by atoms with van der Waals surface area (Å²) in [6.07, 6.45) is -1.95. The second-order valence-corrected chi connectivity index (χ2v) is 6.37. The van der Waals surface area contributed by atoms with Crippen molar-refractivity contribution in [2.24, 2.45) is 5.92 Å². The Hall–Kier alpha value is -2.53. The number of imidazole rings is 1. The Labute approximate surface area is 149 Å². The molecule has 2 heterocycles. The van der Waals surface area contributed by atoms with Gasteiger partial charge in [-0.2, -0.15) is 18.4 Å². The third-order valence-corrected chi connectivity index (χ3v) is 4.53. The molecule has 138 valence electrons. The maximum absolute atomic E-state index is 12.8. The van der Waals surface area contributed by atoms with Crippen LogP contribution in [0.15, 0.2) is 24.4 Å². The van der Waals surface area contributed by atoms with Gasteiger partial charge in [-0.05, 0) is 36.6 Å². The summed E-state index contributed by atoms with van der Waals surface area (Å²) in [5.41, 5.74) is 0.622. The number of methoxy groups -OCH3 is 1. The van der Waals surface area contributed by atoms with E-state index in [1.807, 2.05) is 6.07 Å². The molecule has 8 heteroatoms. The first-order valence-electron chi connectivity index (χ1n) is 8.31. The zero-order chi connectivity index (χ0) is 18.7. The highest BCUT2D eigenvalue weighted by atomic mass is 19.4. The summed E-state index contributed by atoms with van der Waals surface area (Å²) in [4.78, 5) is 3.69. The smallest absolute Gasteiger partial charge is 0.434 e. The van der Waals surface area contributed by atoms with Crippen molar-refractivity contribution in [3.05, 3.63) is 47.0 Å². The van der Waals surface area contributed by atoms with Crippen LogP contribution in [-0.2, 0) is 25.7 Å². The molecule has 26 heavy (non-hydrogen) atoms. The summed E-state index contributed by atoms with van der Waals surface area (Å²) in [6, 6.07) is 7.51. The van der Waals surface area contributed by atoms with Gasteiger partial charge in [0.25, 0.3) is 0 Å². The predicted octanol–water partition coefficient (Wildman–Crippen LogP) is 3.13. The van der Waals surface area contributed by atoms with E-state index in [9.17, 15) is 13.2 Å². The fourth-order valence-electron chi connectivity index (χ4n) is 3.19. The van der Waals surface area contributed by atoms with Crippen molar-refractivity contribution in [2.75, 3.05) is 13.7 Å². The summed E-state index contributed by atoms with van der Waals surface area (Å²) in [6.45, 7) is 1.80. The number of fused-ring (bicyclic) bond motifs is 1. The lowest BCUT2D eigenvalue weighted by Gasteiger charge is -2.24. The zero-order valence-electron chi connectivity index (χ0n) is 14.3. The molecule has 1 aliphatic rings. The van der Waals surface area contributed by atoms with Crippen molar-refractivity contribution in [2.45, 2.75) is 32.1 Å². The topological polar surface area (TPSA) is 62.9 Å². The maximum Gasteiger partial charge on any atom is 0.434 e. The number of nitrogens with one attached hydrogen (secondary N) is 1. The van der Waals surface area contributed by atoms with E-state index in [1.54, 1.807) is 16.7 Å². The number of ether oxygens (including phenoxy) is 1. The highest BCUT2D eigenvalue weighted by molar-refractivity contribution is 5.45. The third-order valence-electron chi connectivity index (χ3n) is 4.53. The number of rotatable bonds is 5. The molecule has 0 aliphatic carbocycles. The molecule has 0 fully saturated rings. The molecule has 1 aromatic carbocycles. The fourth-order valence-corrected chi connectivity index (χ4v) is 3.19. The molecule has 1 N–H and O–H groups in total. The van der Waals surface area contributed by atoms with Crippen molar-refractivity contribution in [1.82, 2.24) is 14.9 Å². The second kappa shape index (κ2) is 7.38. The van der Waals surface area contributed by atoms with Crippen molar-refractivity contribution >= 4 is 0 Å². The number of aryl methyl sites for hydroxylation is 1. The lowest BCUT2D eigenvalue weighted by Crippen LogP contribution is -2.29. The average Bonchev–Trinajstić information content (AvgIpc) is 3.05. The second-order valence-electron chi connectivity index (χ2n) is 6.37. The Balaban J connectivity index is 1.55. The molecule has 2 aromatic rings. The van der Waals surface area contributed by atoms with Crippen LogP contribution < -0.4 is 10.1 Å². The van der Waals surface area contributed by atoms with Gasteiger partial charge in [-0.3, -0.25) is 0 Å². The number of nitriles is 1. The van der Waals surface area contributed by atoms with Crippen LogP contribution in [0.25, 0.3) is 0 Å². The number of hydrogen-bond donors (Lipinski definition) is 1. The van der Waals surface area contributed by atoms with Crippen LogP contribution in [0.3, 0.4) is 0 Å². The number of hydrogen-bond acceptors (Lipinski definition) is 4. The van der Waals surface area contributed by atoms with Gasteiger partial charge >= 0.3 is 6.18 Å². The average molecular weight is 364 g/mol. The van der Waals surface area contributed by atoms with Gasteiger partial charge < -0.3 is 14.6 Å². The molecule has 0 saturated carbocycles. The Morgan fingerprint density at radius 3 is 2.92 bits per heavy atom. The summed E-state index contributed by atoms with van der Waals surface area (Å²) in [5, 5.41) is 12.4. The van der Waals surface area contributed by atoms with Gasteiger partial charge in [0.05, 0.1) is 12.7 Å². The molecule has 0 radical (unpaired) electrons. The Morgan fingerprint density at radius 1 is 1.42 bits per heavy atom. The number of halogens is 3. The predicted molar refractivity (Wildman–Crippen MR) is 88.5 cm³/mol. The first-order valence-corrected chi connectivity index (χ1v) is 8.31. The quantitative estimate of drug-likeness (QED) is 0.885. The minimum Gasteiger partial charge on any atom is -0.495 e. The number of alkyl halides is 3. The lowest BCUT2D eigenvalue weighted by atomic mass is 9.99. The Bertz CT molecular complexity index is 823. The van der Waals surface area contributed by atoms with Crippen LogP contribution >= 0.6 is 0 Å². The zero-order valence-corrected chi connectivity index (χ0v) is 14.3. The van der Waals surface area contributed by atoms with Crippen LogP contribution in [0.4, 0.5) is 13.2 Å². The van der Waals surface area contributed by atoms with Crippen molar-refractivity contribution in [1.29, 1.82) is 5.26 Å². The standard InChI is InChI=1S/C18H19F3N4O/c1-26-15-4-2-12(6-14(15)7-22)8-23-9-13-3-5-17-24-16(18(19,20)21)11-25(17)10-13/h2,4,6,11,13,23H,3,5,8-10H2,1H3. The van der Waals surface area contributed by atoms with Gasteiger partial charge in [0.2, 0.25) is 0 Å². The Kier molecular flexibility index (Phi) is 5.18. The van der Waals surface area contributed by atoms with E-state index in [2.05, 4.69) is 16.4 Å². The molecule has 1 unspecified atom stereocenters. The van der Waals surface area contributed by atoms with E-state index in [1.165, 1.54) is 7.11 Å². The highest BCUT2D eigenvalue weighted by Gasteiger charge is 2.35. The summed E-state index contributed by atoms with van der Waals surface area (Å²) >= 11 is 0. The van der Waals surface area contributed by atoms with E-state index in [-0.39, 0.29) is 5.92 Å². The molecule has 0 bridgehead atoms. The highest BCUT2D eigenvalue weighted by Crippen LogP contribution is 2.30. The van der Waals surface area contributed by atoms with Crippen LogP contribution in [0.2, 0.25) is 0 Å². The largest absolute Gasteiger partial charge is 0.495 e.